The van der Waals surface area contributed by atoms with Crippen molar-refractivity contribution in [2.75, 3.05) is 37.2 Å². The van der Waals surface area contributed by atoms with Crippen LogP contribution in [0.25, 0.3) is 0 Å². The van der Waals surface area contributed by atoms with E-state index in [9.17, 15) is 4.79 Å². The highest BCUT2D eigenvalue weighted by atomic mass is 32.1. The predicted octanol–water partition coefficient (Wildman–Crippen LogP) is 3.77. The van der Waals surface area contributed by atoms with Gasteiger partial charge < -0.3 is 20.7 Å². The molecule has 1 aromatic heterocycles. The average Bonchev–Trinajstić information content (AvgIpc) is 3.02. The second-order valence-corrected chi connectivity index (χ2v) is 6.86. The van der Waals surface area contributed by atoms with E-state index in [1.807, 2.05) is 55.4 Å². The highest BCUT2D eigenvalue weighted by Crippen LogP contribution is 2.30. The molecule has 0 unspecified atom stereocenters. The summed E-state index contributed by atoms with van der Waals surface area (Å²) >= 11 is 1.24. The zero-order valence-electron chi connectivity index (χ0n) is 14.8. The van der Waals surface area contributed by atoms with Gasteiger partial charge in [0.15, 0.2) is 5.13 Å². The number of nitrogens with zero attached hydrogens (tertiary/aromatic N) is 2. The van der Waals surface area contributed by atoms with Crippen molar-refractivity contribution in [3.05, 3.63) is 59.0 Å². The third kappa shape index (κ3) is 3.78. The normalized spacial score (nSPS) is 10.4. The first-order chi connectivity index (χ1) is 12.5. The van der Waals surface area contributed by atoms with Gasteiger partial charge >= 0.3 is 0 Å². The van der Waals surface area contributed by atoms with Crippen LogP contribution >= 0.6 is 11.3 Å². The zero-order chi connectivity index (χ0) is 18.7. The molecule has 0 saturated heterocycles. The van der Waals surface area contributed by atoms with Crippen molar-refractivity contribution in [2.24, 2.45) is 0 Å². The molecule has 0 fully saturated rings. The molecule has 3 rings (SSSR count). The Morgan fingerprint density at radius 3 is 2.35 bits per heavy atom. The van der Waals surface area contributed by atoms with Gasteiger partial charge in [-0.15, -0.1) is 0 Å². The van der Waals surface area contributed by atoms with Crippen LogP contribution in [0.5, 0.6) is 5.75 Å². The monoisotopic (exact) mass is 368 g/mol. The van der Waals surface area contributed by atoms with Gasteiger partial charge in [-0.05, 0) is 48.5 Å². The Morgan fingerprint density at radius 2 is 1.77 bits per heavy atom. The molecule has 3 N–H and O–H groups in total. The first kappa shape index (κ1) is 17.8. The molecule has 6 nitrogen and oxygen atoms in total. The summed E-state index contributed by atoms with van der Waals surface area (Å²) in [6.45, 7) is 0. The number of anilines is 4. The lowest BCUT2D eigenvalue weighted by Gasteiger charge is -2.12. The molecule has 0 aliphatic carbocycles. The van der Waals surface area contributed by atoms with Crippen LogP contribution in [0.4, 0.5) is 22.3 Å². The molecule has 7 heteroatoms. The van der Waals surface area contributed by atoms with Gasteiger partial charge in [0.05, 0.1) is 7.11 Å². The molecule has 0 radical (unpaired) electrons. The number of rotatable bonds is 6. The van der Waals surface area contributed by atoms with E-state index >= 15 is 0 Å². The lowest BCUT2D eigenvalue weighted by molar-refractivity contribution is 0.104. The smallest absolute Gasteiger partial charge is 0.206 e. The highest BCUT2D eigenvalue weighted by Gasteiger charge is 2.18. The van der Waals surface area contributed by atoms with Crippen molar-refractivity contribution in [1.82, 2.24) is 4.98 Å². The molecule has 2 aromatic carbocycles. The van der Waals surface area contributed by atoms with Crippen LogP contribution in [-0.4, -0.2) is 32.0 Å². The Morgan fingerprint density at radius 1 is 1.12 bits per heavy atom. The van der Waals surface area contributed by atoms with Crippen molar-refractivity contribution >= 4 is 39.4 Å². The molecule has 0 amide bonds. The average molecular weight is 368 g/mol. The SMILES string of the molecule is COc1ccc(Nc2nc(N)c(C(=O)c3ccc(N(C)C)cc3)s2)cc1. The number of carbonyl (C=O) groups is 1. The van der Waals surface area contributed by atoms with E-state index in [1.165, 1.54) is 11.3 Å². The fourth-order valence-corrected chi connectivity index (χ4v) is 3.25. The number of aromatic nitrogens is 1. The fraction of sp³-hybridized carbons (Fsp3) is 0.158. The van der Waals surface area contributed by atoms with E-state index in [1.54, 1.807) is 19.2 Å². The predicted molar refractivity (Wildman–Crippen MR) is 107 cm³/mol. The number of methoxy groups -OCH3 is 1. The second-order valence-electron chi connectivity index (χ2n) is 5.86. The van der Waals surface area contributed by atoms with E-state index in [-0.39, 0.29) is 11.6 Å². The number of nitrogens with one attached hydrogen (secondary N) is 1. The van der Waals surface area contributed by atoms with Crippen LogP contribution in [-0.2, 0) is 0 Å². The van der Waals surface area contributed by atoms with E-state index in [0.29, 0.717) is 15.6 Å². The molecule has 0 saturated carbocycles. The Labute approximate surface area is 156 Å². The lowest BCUT2D eigenvalue weighted by atomic mass is 10.1. The summed E-state index contributed by atoms with van der Waals surface area (Å²) in [5.41, 5.74) is 8.42. The second kappa shape index (κ2) is 7.45. The molecule has 1 heterocycles. The van der Waals surface area contributed by atoms with E-state index in [0.717, 1.165) is 17.1 Å². The van der Waals surface area contributed by atoms with Gasteiger partial charge in [-0.2, -0.15) is 0 Å². The standard InChI is InChI=1S/C19H20N4O2S/c1-23(2)14-8-4-12(5-9-14)16(24)17-18(20)22-19(26-17)21-13-6-10-15(25-3)11-7-13/h4-11H,20H2,1-3H3,(H,21,22). The number of benzene rings is 2. The van der Waals surface area contributed by atoms with Crippen LogP contribution in [0.15, 0.2) is 48.5 Å². The molecular formula is C19H20N4O2S. The van der Waals surface area contributed by atoms with Crippen molar-refractivity contribution in [3.63, 3.8) is 0 Å². The lowest BCUT2D eigenvalue weighted by Crippen LogP contribution is -2.09. The maximum Gasteiger partial charge on any atom is 0.206 e. The highest BCUT2D eigenvalue weighted by molar-refractivity contribution is 7.18. The summed E-state index contributed by atoms with van der Waals surface area (Å²) in [6, 6.07) is 14.8. The molecule has 0 bridgehead atoms. The summed E-state index contributed by atoms with van der Waals surface area (Å²) in [5, 5.41) is 3.73. The number of hydrogen-bond donors (Lipinski definition) is 2. The molecule has 0 atom stereocenters. The van der Waals surface area contributed by atoms with Gasteiger partial charge in [-0.1, -0.05) is 11.3 Å². The number of ketones is 1. The van der Waals surface area contributed by atoms with Gasteiger partial charge in [0.25, 0.3) is 0 Å². The van der Waals surface area contributed by atoms with Gasteiger partial charge in [0.1, 0.15) is 16.4 Å². The Balaban J connectivity index is 1.79. The maximum absolute atomic E-state index is 12.7. The van der Waals surface area contributed by atoms with Crippen molar-refractivity contribution in [1.29, 1.82) is 0 Å². The van der Waals surface area contributed by atoms with Gasteiger partial charge in [-0.25, -0.2) is 4.98 Å². The topological polar surface area (TPSA) is 80.5 Å². The quantitative estimate of drug-likeness (QED) is 0.645. The van der Waals surface area contributed by atoms with E-state index < -0.39 is 0 Å². The summed E-state index contributed by atoms with van der Waals surface area (Å²) in [5.74, 6) is 0.868. The number of nitrogens with two attached hydrogens (primary N) is 1. The van der Waals surface area contributed by atoms with Crippen LogP contribution in [0.3, 0.4) is 0 Å². The summed E-state index contributed by atoms with van der Waals surface area (Å²) in [4.78, 5) is 19.4. The minimum Gasteiger partial charge on any atom is -0.497 e. The van der Waals surface area contributed by atoms with Crippen molar-refractivity contribution in [2.45, 2.75) is 0 Å². The third-order valence-corrected chi connectivity index (χ3v) is 4.83. The Hall–Kier alpha value is -3.06. The first-order valence-corrected chi connectivity index (χ1v) is 8.79. The Bertz CT molecular complexity index is 902. The first-order valence-electron chi connectivity index (χ1n) is 7.97. The van der Waals surface area contributed by atoms with Gasteiger partial charge in [-0.3, -0.25) is 4.79 Å². The summed E-state index contributed by atoms with van der Waals surface area (Å²) < 4.78 is 5.14. The van der Waals surface area contributed by atoms with E-state index in [2.05, 4.69) is 10.3 Å². The largest absolute Gasteiger partial charge is 0.497 e. The van der Waals surface area contributed by atoms with Crippen LogP contribution in [0.2, 0.25) is 0 Å². The summed E-state index contributed by atoms with van der Waals surface area (Å²) in [7, 11) is 5.52. The molecule has 0 aliphatic heterocycles. The Kier molecular flexibility index (Phi) is 5.09. The van der Waals surface area contributed by atoms with Gasteiger partial charge in [0, 0.05) is 31.0 Å². The van der Waals surface area contributed by atoms with Crippen LogP contribution < -0.4 is 20.7 Å². The fourth-order valence-electron chi connectivity index (χ4n) is 2.39. The minimum absolute atomic E-state index is 0.131. The molecular weight excluding hydrogens is 348 g/mol. The maximum atomic E-state index is 12.7. The third-order valence-electron chi connectivity index (χ3n) is 3.85. The summed E-state index contributed by atoms with van der Waals surface area (Å²) in [6.07, 6.45) is 0. The zero-order valence-corrected chi connectivity index (χ0v) is 15.6. The number of nitrogen functional groups attached to an aromatic ring is 1. The minimum atomic E-state index is -0.131. The van der Waals surface area contributed by atoms with Gasteiger partial charge in [0.2, 0.25) is 5.78 Å². The molecule has 26 heavy (non-hydrogen) atoms. The molecule has 0 spiro atoms. The molecule has 0 aliphatic rings. The number of thiazole rings is 1. The van der Waals surface area contributed by atoms with Crippen molar-refractivity contribution < 1.29 is 9.53 Å². The van der Waals surface area contributed by atoms with Crippen LogP contribution in [0.1, 0.15) is 15.2 Å². The number of hydrogen-bond acceptors (Lipinski definition) is 7. The van der Waals surface area contributed by atoms with E-state index in [4.69, 9.17) is 10.5 Å². The molecule has 3 aromatic rings. The number of ether oxygens (including phenoxy) is 1. The van der Waals surface area contributed by atoms with Crippen LogP contribution in [0, 0.1) is 0 Å². The number of carbonyl (C=O) groups excluding carboxylic acids is 1. The van der Waals surface area contributed by atoms with Crippen molar-refractivity contribution in [3.8, 4) is 5.75 Å². The molecule has 134 valence electrons.